The minimum atomic E-state index is -0.425. The molecule has 1 rings (SSSR count). The summed E-state index contributed by atoms with van der Waals surface area (Å²) in [5.74, 6) is 0.165. The summed E-state index contributed by atoms with van der Waals surface area (Å²) in [6, 6.07) is -0.351. The molecule has 0 radical (unpaired) electrons. The molecule has 5 nitrogen and oxygen atoms in total. The summed E-state index contributed by atoms with van der Waals surface area (Å²) in [5, 5.41) is 2.88. The van der Waals surface area contributed by atoms with E-state index in [0.717, 1.165) is 25.8 Å². The van der Waals surface area contributed by atoms with E-state index < -0.39 is 6.04 Å². The van der Waals surface area contributed by atoms with Crippen molar-refractivity contribution in [1.29, 1.82) is 0 Å². The Labute approximate surface area is 109 Å². The monoisotopic (exact) mass is 255 g/mol. The third-order valence-corrected chi connectivity index (χ3v) is 3.68. The molecule has 5 heteroatoms. The predicted molar refractivity (Wildman–Crippen MR) is 70.8 cm³/mol. The first-order valence-electron chi connectivity index (χ1n) is 6.77. The maximum Gasteiger partial charge on any atom is 0.239 e. The van der Waals surface area contributed by atoms with E-state index in [0.29, 0.717) is 6.54 Å². The number of carbonyl (C=O) groups is 2. The first-order valence-corrected chi connectivity index (χ1v) is 6.77. The molecular formula is C13H25N3O2. The SMILES string of the molecule is CCC(C)C(N)C(=O)N1CCCC(NC(C)=O)C1. The minimum Gasteiger partial charge on any atom is -0.352 e. The van der Waals surface area contributed by atoms with Crippen molar-refractivity contribution in [3.05, 3.63) is 0 Å². The Morgan fingerprint density at radius 1 is 1.50 bits per heavy atom. The summed E-state index contributed by atoms with van der Waals surface area (Å²) < 4.78 is 0. The molecule has 3 atom stereocenters. The number of hydrogen-bond donors (Lipinski definition) is 2. The number of nitrogens with two attached hydrogens (primary N) is 1. The third kappa shape index (κ3) is 3.98. The van der Waals surface area contributed by atoms with Gasteiger partial charge in [0.25, 0.3) is 0 Å². The van der Waals surface area contributed by atoms with Gasteiger partial charge in [-0.1, -0.05) is 20.3 Å². The highest BCUT2D eigenvalue weighted by Crippen LogP contribution is 2.14. The lowest BCUT2D eigenvalue weighted by atomic mass is 9.97. The number of carbonyl (C=O) groups excluding carboxylic acids is 2. The van der Waals surface area contributed by atoms with Crippen LogP contribution in [-0.2, 0) is 9.59 Å². The van der Waals surface area contributed by atoms with Crippen molar-refractivity contribution in [2.75, 3.05) is 13.1 Å². The van der Waals surface area contributed by atoms with E-state index in [4.69, 9.17) is 5.73 Å². The molecule has 3 N–H and O–H groups in total. The molecule has 0 bridgehead atoms. The van der Waals surface area contributed by atoms with Crippen LogP contribution in [0.3, 0.4) is 0 Å². The minimum absolute atomic E-state index is 0.0133. The number of nitrogens with zero attached hydrogens (tertiary/aromatic N) is 1. The van der Waals surface area contributed by atoms with E-state index in [1.165, 1.54) is 6.92 Å². The molecule has 1 aliphatic rings. The average molecular weight is 255 g/mol. The maximum absolute atomic E-state index is 12.2. The lowest BCUT2D eigenvalue weighted by Gasteiger charge is -2.35. The topological polar surface area (TPSA) is 75.4 Å². The highest BCUT2D eigenvalue weighted by Gasteiger charge is 2.29. The molecule has 0 aromatic carbocycles. The molecule has 0 aliphatic carbocycles. The summed E-state index contributed by atoms with van der Waals surface area (Å²) in [5.41, 5.74) is 5.97. The fourth-order valence-electron chi connectivity index (χ4n) is 2.29. The average Bonchev–Trinajstić information content (AvgIpc) is 2.35. The van der Waals surface area contributed by atoms with Crippen LogP contribution >= 0.6 is 0 Å². The van der Waals surface area contributed by atoms with Gasteiger partial charge in [-0.05, 0) is 18.8 Å². The Morgan fingerprint density at radius 2 is 2.17 bits per heavy atom. The van der Waals surface area contributed by atoms with Gasteiger partial charge in [0.15, 0.2) is 0 Å². The van der Waals surface area contributed by atoms with Gasteiger partial charge in [-0.25, -0.2) is 0 Å². The second-order valence-electron chi connectivity index (χ2n) is 5.24. The molecule has 0 spiro atoms. The van der Waals surface area contributed by atoms with E-state index >= 15 is 0 Å². The van der Waals surface area contributed by atoms with Crippen molar-refractivity contribution in [3.8, 4) is 0 Å². The van der Waals surface area contributed by atoms with Crippen molar-refractivity contribution in [2.24, 2.45) is 11.7 Å². The van der Waals surface area contributed by atoms with Crippen LogP contribution in [0, 0.1) is 5.92 Å². The molecule has 1 fully saturated rings. The number of amides is 2. The highest BCUT2D eigenvalue weighted by molar-refractivity contribution is 5.82. The lowest BCUT2D eigenvalue weighted by Crippen LogP contribution is -2.54. The Morgan fingerprint density at radius 3 is 2.72 bits per heavy atom. The smallest absolute Gasteiger partial charge is 0.239 e. The summed E-state index contributed by atoms with van der Waals surface area (Å²) in [4.78, 5) is 25.0. The largest absolute Gasteiger partial charge is 0.352 e. The van der Waals surface area contributed by atoms with E-state index in [-0.39, 0.29) is 23.8 Å². The number of piperidine rings is 1. The van der Waals surface area contributed by atoms with Gasteiger partial charge in [0.1, 0.15) is 0 Å². The Balaban J connectivity index is 2.55. The molecule has 18 heavy (non-hydrogen) atoms. The number of likely N-dealkylation sites (tertiary alicyclic amines) is 1. The molecule has 0 aromatic heterocycles. The summed E-state index contributed by atoms with van der Waals surface area (Å²) in [7, 11) is 0. The molecule has 1 heterocycles. The van der Waals surface area contributed by atoms with Gasteiger partial charge >= 0.3 is 0 Å². The normalized spacial score (nSPS) is 23.3. The quantitative estimate of drug-likeness (QED) is 0.767. The van der Waals surface area contributed by atoms with Gasteiger partial charge in [0.05, 0.1) is 6.04 Å². The van der Waals surface area contributed by atoms with Crippen LogP contribution in [0.2, 0.25) is 0 Å². The van der Waals surface area contributed by atoms with E-state index in [2.05, 4.69) is 5.32 Å². The number of rotatable bonds is 4. The van der Waals surface area contributed by atoms with Crippen molar-refractivity contribution < 1.29 is 9.59 Å². The second kappa shape index (κ2) is 6.73. The molecule has 0 aromatic rings. The van der Waals surface area contributed by atoms with Crippen LogP contribution in [0.25, 0.3) is 0 Å². The zero-order valence-electron chi connectivity index (χ0n) is 11.6. The highest BCUT2D eigenvalue weighted by atomic mass is 16.2. The Hall–Kier alpha value is -1.10. The zero-order chi connectivity index (χ0) is 13.7. The Bertz CT molecular complexity index is 307. The maximum atomic E-state index is 12.2. The molecule has 1 saturated heterocycles. The van der Waals surface area contributed by atoms with Gasteiger partial charge in [-0.3, -0.25) is 9.59 Å². The van der Waals surface area contributed by atoms with Gasteiger partial charge in [-0.15, -0.1) is 0 Å². The molecule has 1 aliphatic heterocycles. The van der Waals surface area contributed by atoms with E-state index in [1.54, 1.807) is 4.90 Å². The zero-order valence-corrected chi connectivity index (χ0v) is 11.6. The van der Waals surface area contributed by atoms with Crippen LogP contribution in [-0.4, -0.2) is 41.9 Å². The lowest BCUT2D eigenvalue weighted by molar-refractivity contribution is -0.135. The fraction of sp³-hybridized carbons (Fsp3) is 0.846. The van der Waals surface area contributed by atoms with E-state index in [1.807, 2.05) is 13.8 Å². The number of hydrogen-bond acceptors (Lipinski definition) is 3. The third-order valence-electron chi connectivity index (χ3n) is 3.68. The van der Waals surface area contributed by atoms with Gasteiger partial charge in [0, 0.05) is 26.1 Å². The first-order chi connectivity index (χ1) is 8.45. The van der Waals surface area contributed by atoms with Crippen LogP contribution in [0.5, 0.6) is 0 Å². The predicted octanol–water partition coefficient (Wildman–Crippen LogP) is 0.487. The van der Waals surface area contributed by atoms with E-state index in [9.17, 15) is 9.59 Å². The summed E-state index contributed by atoms with van der Waals surface area (Å²) in [6.45, 7) is 6.87. The number of nitrogens with one attached hydrogen (secondary N) is 1. The second-order valence-corrected chi connectivity index (χ2v) is 5.24. The van der Waals surface area contributed by atoms with Crippen molar-refractivity contribution in [3.63, 3.8) is 0 Å². The molecule has 0 saturated carbocycles. The molecular weight excluding hydrogens is 230 g/mol. The van der Waals surface area contributed by atoms with Crippen molar-refractivity contribution >= 4 is 11.8 Å². The van der Waals surface area contributed by atoms with Crippen LogP contribution in [0.15, 0.2) is 0 Å². The summed E-state index contributed by atoms with van der Waals surface area (Å²) >= 11 is 0. The van der Waals surface area contributed by atoms with Gasteiger partial charge in [0.2, 0.25) is 11.8 Å². The molecule has 2 amide bonds. The molecule has 3 unspecified atom stereocenters. The van der Waals surface area contributed by atoms with Gasteiger partial charge < -0.3 is 16.0 Å². The van der Waals surface area contributed by atoms with Crippen molar-refractivity contribution in [2.45, 2.75) is 52.1 Å². The van der Waals surface area contributed by atoms with Crippen LogP contribution in [0.1, 0.15) is 40.0 Å². The summed E-state index contributed by atoms with van der Waals surface area (Å²) in [6.07, 6.45) is 2.75. The van der Waals surface area contributed by atoms with Gasteiger partial charge in [-0.2, -0.15) is 0 Å². The first kappa shape index (κ1) is 15.0. The Kier molecular flexibility index (Phi) is 5.59. The molecule has 104 valence electrons. The standard InChI is InChI=1S/C13H25N3O2/c1-4-9(2)12(14)13(18)16-7-5-6-11(8-16)15-10(3)17/h9,11-12H,4-8,14H2,1-3H3,(H,15,17). The van der Waals surface area contributed by atoms with Crippen LogP contribution in [0.4, 0.5) is 0 Å². The fourth-order valence-corrected chi connectivity index (χ4v) is 2.29. The van der Waals surface area contributed by atoms with Crippen LogP contribution < -0.4 is 11.1 Å². The van der Waals surface area contributed by atoms with Crippen molar-refractivity contribution in [1.82, 2.24) is 10.2 Å².